The van der Waals surface area contributed by atoms with Gasteiger partial charge in [-0.05, 0) is 17.4 Å². The third-order valence-electron chi connectivity index (χ3n) is 0.921. The number of carbonyl (C=O) groups excluding carboxylic acids is 1. The molecular formula is C7H14Cl2OS2. The smallest absolute Gasteiger partial charge is 0.162 e. The van der Waals surface area contributed by atoms with Crippen molar-refractivity contribution in [2.45, 2.75) is 6.92 Å². The molecule has 12 heavy (non-hydrogen) atoms. The Labute approximate surface area is 95.0 Å². The van der Waals surface area contributed by atoms with Gasteiger partial charge in [0, 0.05) is 0 Å². The van der Waals surface area contributed by atoms with E-state index in [1.54, 1.807) is 0 Å². The summed E-state index contributed by atoms with van der Waals surface area (Å²) in [6.07, 6.45) is 0. The van der Waals surface area contributed by atoms with Crippen molar-refractivity contribution in [3.8, 4) is 0 Å². The van der Waals surface area contributed by atoms with Crippen LogP contribution in [-0.2, 0) is 4.79 Å². The molecule has 5 heteroatoms. The Morgan fingerprint density at radius 2 is 1.58 bits per heavy atom. The van der Waals surface area contributed by atoms with E-state index in [1.807, 2.05) is 0 Å². The van der Waals surface area contributed by atoms with Gasteiger partial charge in [-0.1, -0.05) is 6.92 Å². The molecule has 0 amide bonds. The van der Waals surface area contributed by atoms with Crippen molar-refractivity contribution in [3.05, 3.63) is 0 Å². The molecule has 0 atom stereocenters. The lowest BCUT2D eigenvalue weighted by Gasteiger charge is -1.97. The van der Waals surface area contributed by atoms with Gasteiger partial charge in [0.1, 0.15) is 0 Å². The predicted molar refractivity (Wildman–Crippen MR) is 63.3 cm³/mol. The third-order valence-corrected chi connectivity index (χ3v) is 2.76. The van der Waals surface area contributed by atoms with Crippen molar-refractivity contribution in [2.75, 3.05) is 23.3 Å². The summed E-state index contributed by atoms with van der Waals surface area (Å²) in [7, 11) is 0. The van der Waals surface area contributed by atoms with Crippen molar-refractivity contribution in [3.63, 3.8) is 0 Å². The molecule has 0 N–H and O–H groups in total. The van der Waals surface area contributed by atoms with Crippen LogP contribution in [0.1, 0.15) is 6.92 Å². The second-order valence-corrected chi connectivity index (χ2v) is 3.54. The lowest BCUT2D eigenvalue weighted by Crippen LogP contribution is -1.98. The molecule has 0 saturated carbocycles. The minimum absolute atomic E-state index is 0.0312. The zero-order valence-corrected chi connectivity index (χ0v) is 10.3. The SMILES string of the molecule is CC(CS)CS.O=C(CCl)CCl. The van der Waals surface area contributed by atoms with Gasteiger partial charge in [0.05, 0.1) is 11.8 Å². The zero-order chi connectivity index (χ0) is 9.98. The van der Waals surface area contributed by atoms with Crippen molar-refractivity contribution in [1.82, 2.24) is 0 Å². The monoisotopic (exact) mass is 248 g/mol. The summed E-state index contributed by atoms with van der Waals surface area (Å²) >= 11 is 18.1. The molecule has 0 heterocycles. The number of halogens is 2. The van der Waals surface area contributed by atoms with Crippen molar-refractivity contribution < 1.29 is 4.79 Å². The molecule has 0 fully saturated rings. The molecule has 0 radical (unpaired) electrons. The van der Waals surface area contributed by atoms with Crippen LogP contribution in [0.2, 0.25) is 0 Å². The molecule has 0 saturated heterocycles. The minimum Gasteiger partial charge on any atom is -0.297 e. The summed E-state index contributed by atoms with van der Waals surface area (Å²) in [5, 5.41) is 0. The van der Waals surface area contributed by atoms with E-state index in [9.17, 15) is 4.79 Å². The van der Waals surface area contributed by atoms with Crippen LogP contribution in [0.5, 0.6) is 0 Å². The molecule has 0 unspecified atom stereocenters. The number of carbonyl (C=O) groups is 1. The van der Waals surface area contributed by atoms with Crippen molar-refractivity contribution in [2.24, 2.45) is 5.92 Å². The van der Waals surface area contributed by atoms with Crippen LogP contribution >= 0.6 is 48.5 Å². The zero-order valence-electron chi connectivity index (χ0n) is 6.96. The molecule has 0 aromatic carbocycles. The fourth-order valence-corrected chi connectivity index (χ4v) is 0.841. The van der Waals surface area contributed by atoms with Gasteiger partial charge in [0.25, 0.3) is 0 Å². The van der Waals surface area contributed by atoms with Gasteiger partial charge < -0.3 is 0 Å². The first kappa shape index (κ1) is 15.4. The van der Waals surface area contributed by atoms with Crippen molar-refractivity contribution >= 4 is 54.2 Å². The van der Waals surface area contributed by atoms with Gasteiger partial charge in [-0.2, -0.15) is 25.3 Å². The number of hydrogen-bond acceptors (Lipinski definition) is 3. The molecule has 0 spiro atoms. The third kappa shape index (κ3) is 13.5. The Morgan fingerprint density at radius 3 is 1.58 bits per heavy atom. The first-order valence-corrected chi connectivity index (χ1v) is 5.81. The quantitative estimate of drug-likeness (QED) is 0.578. The average molecular weight is 249 g/mol. The summed E-state index contributed by atoms with van der Waals surface area (Å²) in [6, 6.07) is 0. The van der Waals surface area contributed by atoms with E-state index < -0.39 is 0 Å². The lowest BCUT2D eigenvalue weighted by molar-refractivity contribution is -0.114. The number of rotatable bonds is 4. The van der Waals surface area contributed by atoms with E-state index >= 15 is 0 Å². The van der Waals surface area contributed by atoms with Crippen LogP contribution < -0.4 is 0 Å². The van der Waals surface area contributed by atoms with E-state index in [1.165, 1.54) is 0 Å². The van der Waals surface area contributed by atoms with Gasteiger partial charge in [0.15, 0.2) is 5.78 Å². The number of Topliss-reactive ketones (excluding diaryl/α,β-unsaturated/α-hetero) is 1. The van der Waals surface area contributed by atoms with E-state index in [4.69, 9.17) is 23.2 Å². The molecule has 0 aliphatic carbocycles. The van der Waals surface area contributed by atoms with Crippen molar-refractivity contribution in [1.29, 1.82) is 0 Å². The maximum atomic E-state index is 9.92. The summed E-state index contributed by atoms with van der Waals surface area (Å²) < 4.78 is 0. The largest absolute Gasteiger partial charge is 0.297 e. The highest BCUT2D eigenvalue weighted by Gasteiger charge is 1.91. The highest BCUT2D eigenvalue weighted by atomic mass is 35.5. The lowest BCUT2D eigenvalue weighted by atomic mass is 10.3. The number of thiol groups is 2. The molecule has 0 aromatic heterocycles. The second kappa shape index (κ2) is 11.9. The van der Waals surface area contributed by atoms with E-state index in [0.717, 1.165) is 11.5 Å². The van der Waals surface area contributed by atoms with Crippen LogP contribution in [0, 0.1) is 5.92 Å². The Bertz CT molecular complexity index is 102. The summed E-state index contributed by atoms with van der Waals surface area (Å²) in [6.45, 7) is 2.12. The van der Waals surface area contributed by atoms with Gasteiger partial charge in [0.2, 0.25) is 0 Å². The van der Waals surface area contributed by atoms with Crippen LogP contribution in [0.3, 0.4) is 0 Å². The predicted octanol–water partition coefficient (Wildman–Crippen LogP) is 2.52. The first-order chi connectivity index (χ1) is 5.62. The van der Waals surface area contributed by atoms with E-state index in [-0.39, 0.29) is 17.5 Å². The fraction of sp³-hybridized carbons (Fsp3) is 0.857. The highest BCUT2D eigenvalue weighted by Crippen LogP contribution is 1.97. The number of hydrogen-bond donors (Lipinski definition) is 2. The van der Waals surface area contributed by atoms with Crippen LogP contribution in [0.4, 0.5) is 0 Å². The first-order valence-electron chi connectivity index (χ1n) is 3.47. The topological polar surface area (TPSA) is 17.1 Å². The molecule has 74 valence electrons. The van der Waals surface area contributed by atoms with Gasteiger partial charge in [-0.3, -0.25) is 4.79 Å². The number of alkyl halides is 2. The maximum Gasteiger partial charge on any atom is 0.162 e. The maximum absolute atomic E-state index is 9.92. The Morgan fingerprint density at radius 1 is 1.25 bits per heavy atom. The Kier molecular flexibility index (Phi) is 15.4. The molecule has 0 aromatic rings. The van der Waals surface area contributed by atoms with Crippen LogP contribution in [0.25, 0.3) is 0 Å². The number of ketones is 1. The van der Waals surface area contributed by atoms with Crippen LogP contribution in [0.15, 0.2) is 0 Å². The molecule has 0 bridgehead atoms. The molecular weight excluding hydrogens is 235 g/mol. The van der Waals surface area contributed by atoms with E-state index in [2.05, 4.69) is 32.2 Å². The molecule has 0 aliphatic rings. The molecule has 0 aliphatic heterocycles. The van der Waals surface area contributed by atoms with E-state index in [0.29, 0.717) is 5.92 Å². The summed E-state index contributed by atoms with van der Waals surface area (Å²) in [5.41, 5.74) is 0. The summed E-state index contributed by atoms with van der Waals surface area (Å²) in [4.78, 5) is 9.92. The highest BCUT2D eigenvalue weighted by molar-refractivity contribution is 7.81. The fourth-order valence-electron chi connectivity index (χ4n) is 0.0934. The van der Waals surface area contributed by atoms with Crippen LogP contribution in [-0.4, -0.2) is 29.0 Å². The summed E-state index contributed by atoms with van der Waals surface area (Å²) in [5.74, 6) is 2.50. The average Bonchev–Trinajstić information content (AvgIpc) is 2.16. The Balaban J connectivity index is 0. The molecule has 1 nitrogen and oxygen atoms in total. The van der Waals surface area contributed by atoms with Gasteiger partial charge in [-0.15, -0.1) is 23.2 Å². The van der Waals surface area contributed by atoms with Gasteiger partial charge in [-0.25, -0.2) is 0 Å². The second-order valence-electron chi connectivity index (χ2n) is 2.28. The normalized spacial score (nSPS) is 9.17. The molecule has 0 rings (SSSR count). The Hall–Kier alpha value is 0.950. The minimum atomic E-state index is -0.127. The standard InChI is InChI=1S/C4H10S2.C3H4Cl2O/c1-4(2-5)3-6;4-1-3(6)2-5/h4-6H,2-3H2,1H3;1-2H2. The van der Waals surface area contributed by atoms with Gasteiger partial charge >= 0.3 is 0 Å².